The van der Waals surface area contributed by atoms with Gasteiger partial charge >= 0.3 is 6.09 Å². The Morgan fingerprint density at radius 2 is 1.76 bits per heavy atom. The number of amides is 1. The van der Waals surface area contributed by atoms with Crippen LogP contribution in [0.1, 0.15) is 30.5 Å². The number of nitrogens with one attached hydrogen (secondary N) is 1. The molecule has 0 saturated carbocycles. The molecule has 1 amide bonds. The van der Waals surface area contributed by atoms with Crippen molar-refractivity contribution in [1.29, 1.82) is 0 Å². The van der Waals surface area contributed by atoms with Gasteiger partial charge in [-0.1, -0.05) is 12.1 Å². The summed E-state index contributed by atoms with van der Waals surface area (Å²) in [4.78, 5) is 13.6. The number of hydrogen-bond donors (Lipinski definition) is 2. The average molecular weight is 326 g/mol. The van der Waals surface area contributed by atoms with E-state index in [1.165, 1.54) is 4.88 Å². The Bertz CT molecular complexity index is 502. The molecule has 0 radical (unpaired) electrons. The summed E-state index contributed by atoms with van der Waals surface area (Å²) in [6.45, 7) is 6.75. The van der Waals surface area contributed by atoms with Crippen LogP contribution < -0.4 is 11.1 Å². The average Bonchev–Trinajstić information content (AvgIpc) is 3.08. The second-order valence-corrected chi connectivity index (χ2v) is 7.28. The lowest BCUT2D eigenvalue weighted by atomic mass is 10.2. The highest BCUT2D eigenvalue weighted by Gasteiger charge is 2.15. The highest BCUT2D eigenvalue weighted by molar-refractivity contribution is 7.10. The summed E-state index contributed by atoms with van der Waals surface area (Å²) in [5.74, 6) is 0. The number of ether oxygens (including phenoxy) is 1. The Kier molecular flexibility index (Phi) is 7.42. The second kappa shape index (κ2) is 8.81. The van der Waals surface area contributed by atoms with E-state index in [9.17, 15) is 4.79 Å². The second-order valence-electron chi connectivity index (χ2n) is 5.22. The monoisotopic (exact) mass is 326 g/mol. The van der Waals surface area contributed by atoms with Crippen LogP contribution in [-0.2, 0) is 17.8 Å². The van der Waals surface area contributed by atoms with Crippen LogP contribution in [-0.4, -0.2) is 11.7 Å². The topological polar surface area (TPSA) is 64.3 Å². The van der Waals surface area contributed by atoms with Crippen molar-refractivity contribution in [3.05, 3.63) is 44.8 Å². The van der Waals surface area contributed by atoms with Crippen molar-refractivity contribution in [3.8, 4) is 0 Å². The highest BCUT2D eigenvalue weighted by atomic mass is 32.1. The molecule has 3 N–H and O–H groups in total. The van der Waals surface area contributed by atoms with Gasteiger partial charge in [-0.15, -0.1) is 22.7 Å². The maximum Gasteiger partial charge on any atom is 0.407 e. The lowest BCUT2D eigenvalue weighted by Gasteiger charge is -2.19. The summed E-state index contributed by atoms with van der Waals surface area (Å²) >= 11 is 3.31. The van der Waals surface area contributed by atoms with E-state index in [1.807, 2.05) is 55.8 Å². The van der Waals surface area contributed by atoms with Gasteiger partial charge in [0.1, 0.15) is 5.60 Å². The van der Waals surface area contributed by atoms with Crippen molar-refractivity contribution in [2.24, 2.45) is 5.73 Å². The Labute approximate surface area is 133 Å². The molecule has 116 valence electrons. The number of hydrogen-bond acceptors (Lipinski definition) is 5. The molecule has 0 bridgehead atoms. The fourth-order valence-electron chi connectivity index (χ4n) is 1.32. The quantitative estimate of drug-likeness (QED) is 0.896. The van der Waals surface area contributed by atoms with Gasteiger partial charge in [0.05, 0.1) is 6.54 Å². The van der Waals surface area contributed by atoms with Crippen LogP contribution in [0.5, 0.6) is 0 Å². The summed E-state index contributed by atoms with van der Waals surface area (Å²) in [6.07, 6.45) is -0.370. The fraction of sp³-hybridized carbons (Fsp3) is 0.400. The lowest BCUT2D eigenvalue weighted by molar-refractivity contribution is 0.0524. The molecule has 6 heteroatoms. The molecule has 0 unspecified atom stereocenters. The molecule has 2 aromatic rings. The van der Waals surface area contributed by atoms with Crippen LogP contribution in [0.25, 0.3) is 0 Å². The van der Waals surface area contributed by atoms with Gasteiger partial charge in [-0.2, -0.15) is 0 Å². The van der Waals surface area contributed by atoms with Crippen molar-refractivity contribution in [1.82, 2.24) is 5.32 Å². The summed E-state index contributed by atoms with van der Waals surface area (Å²) in [5, 5.41) is 6.70. The molecule has 0 aliphatic rings. The van der Waals surface area contributed by atoms with E-state index in [4.69, 9.17) is 10.5 Å². The first-order chi connectivity index (χ1) is 9.90. The van der Waals surface area contributed by atoms with Crippen molar-refractivity contribution in [2.45, 2.75) is 39.5 Å². The molecule has 0 fully saturated rings. The molecule has 2 aromatic heterocycles. The maximum absolute atomic E-state index is 11.2. The molecular formula is C15H22N2O2S2. The molecule has 0 aromatic carbocycles. The third-order valence-corrected chi connectivity index (χ3v) is 3.94. The first-order valence-electron chi connectivity index (χ1n) is 6.62. The SMILES string of the molecule is CC(C)(C)OC(=O)NCc1cccs1.NCc1cccs1. The molecule has 2 heterocycles. The molecule has 4 nitrogen and oxygen atoms in total. The zero-order chi connectivity index (χ0) is 15.7. The van der Waals surface area contributed by atoms with Gasteiger partial charge in [0.25, 0.3) is 0 Å². The van der Waals surface area contributed by atoms with E-state index in [1.54, 1.807) is 22.7 Å². The van der Waals surface area contributed by atoms with Gasteiger partial charge in [0.2, 0.25) is 0 Å². The maximum atomic E-state index is 11.2. The molecule has 0 saturated heterocycles. The Balaban J connectivity index is 0.000000262. The third-order valence-electron chi connectivity index (χ3n) is 2.17. The minimum atomic E-state index is -0.431. The van der Waals surface area contributed by atoms with Crippen LogP contribution in [0.4, 0.5) is 4.79 Å². The van der Waals surface area contributed by atoms with Crippen LogP contribution in [0.2, 0.25) is 0 Å². The number of nitrogens with two attached hydrogens (primary N) is 1. The van der Waals surface area contributed by atoms with Gasteiger partial charge in [-0.25, -0.2) is 4.79 Å². The van der Waals surface area contributed by atoms with E-state index < -0.39 is 5.60 Å². The first kappa shape index (κ1) is 17.7. The Morgan fingerprint density at radius 3 is 2.14 bits per heavy atom. The van der Waals surface area contributed by atoms with Crippen molar-refractivity contribution < 1.29 is 9.53 Å². The van der Waals surface area contributed by atoms with E-state index in [-0.39, 0.29) is 6.09 Å². The first-order valence-corrected chi connectivity index (χ1v) is 8.38. The summed E-state index contributed by atoms with van der Waals surface area (Å²) < 4.78 is 5.09. The van der Waals surface area contributed by atoms with Crippen LogP contribution in [0.15, 0.2) is 35.0 Å². The summed E-state index contributed by atoms with van der Waals surface area (Å²) in [5.41, 5.74) is 4.87. The van der Waals surface area contributed by atoms with E-state index in [0.29, 0.717) is 13.1 Å². The minimum Gasteiger partial charge on any atom is -0.444 e. The molecule has 2 rings (SSSR count). The zero-order valence-corrected chi connectivity index (χ0v) is 14.2. The van der Waals surface area contributed by atoms with Crippen molar-refractivity contribution in [3.63, 3.8) is 0 Å². The van der Waals surface area contributed by atoms with E-state index >= 15 is 0 Å². The smallest absolute Gasteiger partial charge is 0.407 e. The van der Waals surface area contributed by atoms with Gasteiger partial charge < -0.3 is 15.8 Å². The predicted molar refractivity (Wildman–Crippen MR) is 89.6 cm³/mol. The summed E-state index contributed by atoms with van der Waals surface area (Å²) in [7, 11) is 0. The molecule has 0 atom stereocenters. The zero-order valence-electron chi connectivity index (χ0n) is 12.6. The number of thiophene rings is 2. The number of carbonyl (C=O) groups is 1. The van der Waals surface area contributed by atoms with Crippen molar-refractivity contribution >= 4 is 28.8 Å². The Morgan fingerprint density at radius 1 is 1.19 bits per heavy atom. The van der Waals surface area contributed by atoms with Gasteiger partial charge in [-0.3, -0.25) is 0 Å². The van der Waals surface area contributed by atoms with Crippen molar-refractivity contribution in [2.75, 3.05) is 0 Å². The molecule has 0 spiro atoms. The minimum absolute atomic E-state index is 0.370. The van der Waals surface area contributed by atoms with Crippen LogP contribution in [0.3, 0.4) is 0 Å². The van der Waals surface area contributed by atoms with E-state index in [2.05, 4.69) is 5.32 Å². The number of alkyl carbamates (subject to hydrolysis) is 1. The lowest BCUT2D eigenvalue weighted by Crippen LogP contribution is -2.31. The molecule has 0 aliphatic heterocycles. The normalized spacial score (nSPS) is 10.5. The molecule has 21 heavy (non-hydrogen) atoms. The van der Waals surface area contributed by atoms with Crippen LogP contribution in [0, 0.1) is 0 Å². The van der Waals surface area contributed by atoms with Gasteiger partial charge in [0, 0.05) is 16.3 Å². The largest absolute Gasteiger partial charge is 0.444 e. The van der Waals surface area contributed by atoms with Gasteiger partial charge in [-0.05, 0) is 43.7 Å². The fourth-order valence-corrected chi connectivity index (χ4v) is 2.55. The van der Waals surface area contributed by atoms with Crippen LogP contribution >= 0.6 is 22.7 Å². The van der Waals surface area contributed by atoms with Gasteiger partial charge in [0.15, 0.2) is 0 Å². The van der Waals surface area contributed by atoms with E-state index in [0.717, 1.165) is 4.88 Å². The number of carbonyl (C=O) groups excluding carboxylic acids is 1. The Hall–Kier alpha value is -1.37. The standard InChI is InChI=1S/C10H15NO2S.C5H7NS/c1-10(2,3)13-9(12)11-7-8-5-4-6-14-8;6-4-5-2-1-3-7-5/h4-6H,7H2,1-3H3,(H,11,12);1-3H,4,6H2. The third kappa shape index (κ3) is 8.49. The summed E-state index contributed by atoms with van der Waals surface area (Å²) in [6, 6.07) is 7.97. The predicted octanol–water partition coefficient (Wildman–Crippen LogP) is 3.98. The highest BCUT2D eigenvalue weighted by Crippen LogP contribution is 2.09. The number of rotatable bonds is 3. The molecular weight excluding hydrogens is 304 g/mol. The molecule has 0 aliphatic carbocycles.